The summed E-state index contributed by atoms with van der Waals surface area (Å²) in [5.41, 5.74) is 2.04. The van der Waals surface area contributed by atoms with E-state index in [1.807, 2.05) is 0 Å². The molecule has 0 radical (unpaired) electrons. The van der Waals surface area contributed by atoms with Gasteiger partial charge in [0.15, 0.2) is 0 Å². The van der Waals surface area contributed by atoms with Crippen LogP contribution in [0.25, 0.3) is 0 Å². The molecule has 1 aromatic heterocycles. The van der Waals surface area contributed by atoms with Crippen molar-refractivity contribution >= 4 is 22.4 Å². The van der Waals surface area contributed by atoms with E-state index in [2.05, 4.69) is 20.0 Å². The molecular weight excluding hydrogens is 300 g/mol. The first kappa shape index (κ1) is 14.4. The van der Waals surface area contributed by atoms with Crippen LogP contribution < -0.4 is 4.90 Å². The van der Waals surface area contributed by atoms with E-state index in [0.29, 0.717) is 12.5 Å². The highest BCUT2D eigenvalue weighted by atomic mass is 32.1. The molecule has 6 nitrogen and oxygen atoms in total. The Morgan fingerprint density at radius 3 is 3.09 bits per heavy atom. The minimum Gasteiger partial charge on any atom is -0.381 e. The lowest BCUT2D eigenvalue weighted by molar-refractivity contribution is -0.134. The molecule has 0 unspecified atom stereocenters. The molecule has 120 valence electrons. The molecule has 0 aromatic carbocycles. The highest BCUT2D eigenvalue weighted by molar-refractivity contribution is 7.13. The number of anilines is 1. The van der Waals surface area contributed by atoms with Crippen LogP contribution in [0.4, 0.5) is 5.13 Å². The van der Waals surface area contributed by atoms with Gasteiger partial charge in [-0.3, -0.25) is 4.79 Å². The largest absolute Gasteiger partial charge is 0.381 e. The van der Waals surface area contributed by atoms with Crippen molar-refractivity contribution in [3.8, 4) is 0 Å². The number of ether oxygens (including phenoxy) is 1. The van der Waals surface area contributed by atoms with E-state index in [0.717, 1.165) is 50.8 Å². The molecule has 3 fully saturated rings. The van der Waals surface area contributed by atoms with Gasteiger partial charge in [0.1, 0.15) is 5.51 Å². The second-order valence-corrected chi connectivity index (χ2v) is 7.63. The highest BCUT2D eigenvalue weighted by Gasteiger charge is 2.44. The van der Waals surface area contributed by atoms with Crippen molar-refractivity contribution in [3.05, 3.63) is 5.51 Å². The number of hydrogen-bond acceptors (Lipinski definition) is 6. The van der Waals surface area contributed by atoms with Gasteiger partial charge in [0.2, 0.25) is 11.0 Å². The van der Waals surface area contributed by atoms with Crippen molar-refractivity contribution in [1.29, 1.82) is 0 Å². The molecule has 0 saturated carbocycles. The summed E-state index contributed by atoms with van der Waals surface area (Å²) in [5, 5.41) is 9.19. The van der Waals surface area contributed by atoms with Crippen LogP contribution in [-0.2, 0) is 9.53 Å². The van der Waals surface area contributed by atoms with Gasteiger partial charge in [-0.05, 0) is 25.7 Å². The summed E-state index contributed by atoms with van der Waals surface area (Å²) in [5.74, 6) is 0.403. The average Bonchev–Trinajstić information content (AvgIpc) is 3.29. The van der Waals surface area contributed by atoms with Gasteiger partial charge in [0.25, 0.3) is 0 Å². The van der Waals surface area contributed by atoms with E-state index in [1.165, 1.54) is 12.8 Å². The Labute approximate surface area is 134 Å². The molecule has 3 aliphatic heterocycles. The van der Waals surface area contributed by atoms with E-state index in [4.69, 9.17) is 4.74 Å². The van der Waals surface area contributed by atoms with Crippen LogP contribution >= 0.6 is 11.3 Å². The quantitative estimate of drug-likeness (QED) is 0.823. The monoisotopic (exact) mass is 322 g/mol. The van der Waals surface area contributed by atoms with E-state index >= 15 is 0 Å². The fourth-order valence-electron chi connectivity index (χ4n) is 4.12. The number of aromatic nitrogens is 2. The van der Waals surface area contributed by atoms with Crippen molar-refractivity contribution in [2.45, 2.75) is 25.7 Å². The maximum atomic E-state index is 12.6. The molecule has 4 heterocycles. The first-order valence-corrected chi connectivity index (χ1v) is 9.01. The third-order valence-corrected chi connectivity index (χ3v) is 6.06. The van der Waals surface area contributed by atoms with Gasteiger partial charge in [0.05, 0.1) is 12.5 Å². The Balaban J connectivity index is 1.43. The summed E-state index contributed by atoms with van der Waals surface area (Å²) in [6.07, 6.45) is 4.39. The zero-order chi connectivity index (χ0) is 15.0. The Morgan fingerprint density at radius 1 is 1.36 bits per heavy atom. The molecule has 7 heteroatoms. The molecule has 3 aliphatic rings. The van der Waals surface area contributed by atoms with Crippen molar-refractivity contribution in [1.82, 2.24) is 15.1 Å². The molecule has 1 spiro atoms. The van der Waals surface area contributed by atoms with Crippen molar-refractivity contribution in [2.75, 3.05) is 44.3 Å². The van der Waals surface area contributed by atoms with Gasteiger partial charge >= 0.3 is 0 Å². The number of rotatable bonds is 2. The third kappa shape index (κ3) is 2.60. The number of piperidine rings is 1. The fraction of sp³-hybridized carbons (Fsp3) is 0.800. The summed E-state index contributed by atoms with van der Waals surface area (Å²) < 4.78 is 5.37. The second-order valence-electron chi connectivity index (χ2n) is 6.82. The predicted octanol–water partition coefficient (Wildman–Crippen LogP) is 1.39. The normalized spacial score (nSPS) is 32.1. The topological polar surface area (TPSA) is 58.6 Å². The van der Waals surface area contributed by atoms with Crippen molar-refractivity contribution in [2.24, 2.45) is 11.3 Å². The van der Waals surface area contributed by atoms with Crippen LogP contribution in [0.3, 0.4) is 0 Å². The maximum Gasteiger partial charge on any atom is 0.228 e. The number of carbonyl (C=O) groups is 1. The maximum absolute atomic E-state index is 12.6. The minimum absolute atomic E-state index is 0.0954. The Kier molecular flexibility index (Phi) is 3.78. The lowest BCUT2D eigenvalue weighted by Gasteiger charge is -2.40. The summed E-state index contributed by atoms with van der Waals surface area (Å²) in [7, 11) is 0. The van der Waals surface area contributed by atoms with Crippen LogP contribution in [0, 0.1) is 11.3 Å². The van der Waals surface area contributed by atoms with Gasteiger partial charge in [-0.1, -0.05) is 11.3 Å². The van der Waals surface area contributed by atoms with E-state index < -0.39 is 0 Å². The molecule has 1 aromatic rings. The lowest BCUT2D eigenvalue weighted by atomic mass is 9.79. The minimum atomic E-state index is 0.0954. The zero-order valence-corrected chi connectivity index (χ0v) is 13.6. The number of carbonyl (C=O) groups excluding carboxylic acids is 1. The van der Waals surface area contributed by atoms with E-state index in [1.54, 1.807) is 16.8 Å². The van der Waals surface area contributed by atoms with Crippen molar-refractivity contribution in [3.63, 3.8) is 0 Å². The van der Waals surface area contributed by atoms with Crippen LogP contribution in [0.5, 0.6) is 0 Å². The molecule has 0 aliphatic carbocycles. The van der Waals surface area contributed by atoms with Crippen LogP contribution in [0.15, 0.2) is 5.51 Å². The van der Waals surface area contributed by atoms with Gasteiger partial charge < -0.3 is 14.5 Å². The van der Waals surface area contributed by atoms with E-state index in [-0.39, 0.29) is 11.3 Å². The summed E-state index contributed by atoms with van der Waals surface area (Å²) in [6.45, 7) is 5.21. The number of nitrogens with zero attached hydrogens (tertiary/aromatic N) is 4. The van der Waals surface area contributed by atoms with Crippen LogP contribution in [0.2, 0.25) is 0 Å². The molecule has 2 atom stereocenters. The van der Waals surface area contributed by atoms with Gasteiger partial charge in [-0.25, -0.2) is 0 Å². The first-order chi connectivity index (χ1) is 10.8. The van der Waals surface area contributed by atoms with Crippen LogP contribution in [0.1, 0.15) is 25.7 Å². The average molecular weight is 322 g/mol. The standard InChI is InChI=1S/C15H22N4O2S/c20-13(12-2-7-21-8-12)18-6-4-15(9-18)3-1-5-19(10-15)14-17-16-11-22-14/h11-12H,1-10H2/t12-,15+/m1/s1. The Hall–Kier alpha value is -1.21. The molecule has 1 amide bonds. The summed E-state index contributed by atoms with van der Waals surface area (Å²) in [4.78, 5) is 17.0. The molecule has 0 bridgehead atoms. The SMILES string of the molecule is O=C([C@@H]1CCOC1)N1CC[C@@]2(CCCN(c3nncs3)C2)C1. The van der Waals surface area contributed by atoms with Gasteiger partial charge in [0, 0.05) is 38.2 Å². The lowest BCUT2D eigenvalue weighted by Crippen LogP contribution is -2.46. The summed E-state index contributed by atoms with van der Waals surface area (Å²) in [6, 6.07) is 0. The molecule has 4 rings (SSSR count). The van der Waals surface area contributed by atoms with Gasteiger partial charge in [-0.2, -0.15) is 0 Å². The third-order valence-electron chi connectivity index (χ3n) is 5.31. The van der Waals surface area contributed by atoms with Gasteiger partial charge in [-0.15, -0.1) is 10.2 Å². The smallest absolute Gasteiger partial charge is 0.228 e. The molecule has 0 N–H and O–H groups in total. The Bertz CT molecular complexity index is 532. The molecule has 3 saturated heterocycles. The highest BCUT2D eigenvalue weighted by Crippen LogP contribution is 2.41. The number of likely N-dealkylation sites (tertiary alicyclic amines) is 1. The summed E-state index contributed by atoms with van der Waals surface area (Å²) >= 11 is 1.61. The number of amides is 1. The molecule has 22 heavy (non-hydrogen) atoms. The first-order valence-electron chi connectivity index (χ1n) is 8.13. The van der Waals surface area contributed by atoms with Crippen LogP contribution in [-0.4, -0.2) is 60.4 Å². The zero-order valence-electron chi connectivity index (χ0n) is 12.7. The predicted molar refractivity (Wildman–Crippen MR) is 83.9 cm³/mol. The number of hydrogen-bond donors (Lipinski definition) is 0. The fourth-order valence-corrected chi connectivity index (χ4v) is 4.71. The second kappa shape index (κ2) is 5.77. The molecular formula is C15H22N4O2S. The van der Waals surface area contributed by atoms with Crippen molar-refractivity contribution < 1.29 is 9.53 Å². The van der Waals surface area contributed by atoms with E-state index in [9.17, 15) is 4.79 Å². The Morgan fingerprint density at radius 2 is 2.32 bits per heavy atom.